The van der Waals surface area contributed by atoms with Crippen LogP contribution in [0.4, 0.5) is 5.13 Å². The van der Waals surface area contributed by atoms with Crippen molar-refractivity contribution in [1.29, 1.82) is 0 Å². The quantitative estimate of drug-likeness (QED) is 0.870. The van der Waals surface area contributed by atoms with Crippen LogP contribution in [-0.4, -0.2) is 25.2 Å². The van der Waals surface area contributed by atoms with Gasteiger partial charge < -0.3 is 10.1 Å². The summed E-state index contributed by atoms with van der Waals surface area (Å²) in [5.41, 5.74) is 0.842. The highest BCUT2D eigenvalue weighted by Crippen LogP contribution is 2.33. The molecule has 1 N–H and O–H groups in total. The summed E-state index contributed by atoms with van der Waals surface area (Å²) in [7, 11) is 1.67. The molecule has 0 radical (unpaired) electrons. The van der Waals surface area contributed by atoms with E-state index in [2.05, 4.69) is 26.2 Å². The third kappa shape index (κ3) is 2.66. The van der Waals surface area contributed by atoms with E-state index in [0.717, 1.165) is 26.4 Å². The summed E-state index contributed by atoms with van der Waals surface area (Å²) < 4.78 is 7.00. The normalized spacial score (nSPS) is 10.9. The molecule has 1 aromatic heterocycles. The Hall–Kier alpha value is -0.360. The fraction of sp³-hybridized carbons (Fsp3) is 0.300. The summed E-state index contributed by atoms with van der Waals surface area (Å²) in [6.07, 6.45) is 0. The van der Waals surface area contributed by atoms with E-state index in [1.165, 1.54) is 0 Å². The summed E-state index contributed by atoms with van der Waals surface area (Å²) in [5.74, 6) is 0. The van der Waals surface area contributed by atoms with Gasteiger partial charge in [0.15, 0.2) is 5.13 Å². The Kier molecular flexibility index (Phi) is 4.02. The number of methoxy groups -OCH3 is 1. The Balaban J connectivity index is 2.26. The van der Waals surface area contributed by atoms with Crippen molar-refractivity contribution < 1.29 is 4.74 Å². The van der Waals surface area contributed by atoms with Gasteiger partial charge in [0.2, 0.25) is 0 Å². The Morgan fingerprint density at radius 2 is 2.38 bits per heavy atom. The van der Waals surface area contributed by atoms with Gasteiger partial charge in [0.25, 0.3) is 0 Å². The minimum atomic E-state index is 0.660. The third-order valence-corrected chi connectivity index (χ3v) is 3.70. The minimum Gasteiger partial charge on any atom is -0.383 e. The first-order valence-electron chi connectivity index (χ1n) is 4.69. The number of anilines is 1. The van der Waals surface area contributed by atoms with Crippen LogP contribution in [0, 0.1) is 0 Å². The first-order valence-corrected chi connectivity index (χ1v) is 6.68. The smallest absolute Gasteiger partial charge is 0.183 e. The number of hydrogen-bond acceptors (Lipinski definition) is 4. The average Bonchev–Trinajstić information content (AvgIpc) is 2.61. The summed E-state index contributed by atoms with van der Waals surface area (Å²) >= 11 is 11.1. The second-order valence-electron chi connectivity index (χ2n) is 3.17. The standard InChI is InChI=1S/C10H10BrClN2OS/c1-15-3-2-13-10-14-9-7(12)4-6(11)5-8(9)16-10/h4-5H,2-3H2,1H3,(H,13,14). The monoisotopic (exact) mass is 320 g/mol. The maximum atomic E-state index is 6.10. The molecule has 3 nitrogen and oxygen atoms in total. The van der Waals surface area contributed by atoms with Crippen molar-refractivity contribution in [2.75, 3.05) is 25.6 Å². The number of nitrogens with zero attached hydrogens (tertiary/aromatic N) is 1. The Labute approximate surface area is 111 Å². The van der Waals surface area contributed by atoms with Crippen LogP contribution in [0.1, 0.15) is 0 Å². The second-order valence-corrected chi connectivity index (χ2v) is 5.53. The zero-order valence-electron chi connectivity index (χ0n) is 8.59. The highest BCUT2D eigenvalue weighted by molar-refractivity contribution is 9.10. The lowest BCUT2D eigenvalue weighted by Gasteiger charge is -1.99. The van der Waals surface area contributed by atoms with Crippen LogP contribution in [0.2, 0.25) is 5.02 Å². The summed E-state index contributed by atoms with van der Waals surface area (Å²) in [5, 5.41) is 4.72. The van der Waals surface area contributed by atoms with Crippen molar-refractivity contribution >= 4 is 54.2 Å². The molecule has 0 atom stereocenters. The predicted octanol–water partition coefficient (Wildman–Crippen LogP) is 3.77. The number of rotatable bonds is 4. The van der Waals surface area contributed by atoms with Crippen LogP contribution in [-0.2, 0) is 4.74 Å². The lowest BCUT2D eigenvalue weighted by atomic mass is 10.3. The van der Waals surface area contributed by atoms with Gasteiger partial charge in [0.05, 0.1) is 16.3 Å². The number of nitrogens with one attached hydrogen (secondary N) is 1. The average molecular weight is 322 g/mol. The molecule has 86 valence electrons. The van der Waals surface area contributed by atoms with Gasteiger partial charge in [0.1, 0.15) is 5.52 Å². The molecule has 0 saturated carbocycles. The van der Waals surface area contributed by atoms with Crippen molar-refractivity contribution in [1.82, 2.24) is 4.98 Å². The van der Waals surface area contributed by atoms with Crippen LogP contribution >= 0.6 is 38.9 Å². The number of aromatic nitrogens is 1. The molecule has 16 heavy (non-hydrogen) atoms. The molecule has 0 aliphatic carbocycles. The van der Waals surface area contributed by atoms with Gasteiger partial charge >= 0.3 is 0 Å². The van der Waals surface area contributed by atoms with Crippen LogP contribution in [0.15, 0.2) is 16.6 Å². The molecule has 0 unspecified atom stereocenters. The molecule has 2 aromatic rings. The molecular weight excluding hydrogens is 312 g/mol. The highest BCUT2D eigenvalue weighted by atomic mass is 79.9. The van der Waals surface area contributed by atoms with Gasteiger partial charge in [-0.25, -0.2) is 4.98 Å². The number of thiazole rings is 1. The fourth-order valence-electron chi connectivity index (χ4n) is 1.29. The second kappa shape index (κ2) is 5.31. The molecule has 1 aromatic carbocycles. The van der Waals surface area contributed by atoms with Gasteiger partial charge in [0, 0.05) is 18.1 Å². The van der Waals surface area contributed by atoms with Crippen LogP contribution in [0.25, 0.3) is 10.2 Å². The van der Waals surface area contributed by atoms with E-state index in [-0.39, 0.29) is 0 Å². The van der Waals surface area contributed by atoms with Crippen LogP contribution < -0.4 is 5.32 Å². The summed E-state index contributed by atoms with van der Waals surface area (Å²) in [6, 6.07) is 3.86. The molecule has 0 fully saturated rings. The maximum Gasteiger partial charge on any atom is 0.183 e. The van der Waals surface area contributed by atoms with E-state index in [9.17, 15) is 0 Å². The minimum absolute atomic E-state index is 0.660. The molecule has 0 aliphatic heterocycles. The molecule has 0 saturated heterocycles. The van der Waals surface area contributed by atoms with Crippen molar-refractivity contribution in [3.05, 3.63) is 21.6 Å². The first kappa shape index (κ1) is 12.1. The molecule has 0 spiro atoms. The van der Waals surface area contributed by atoms with Gasteiger partial charge in [-0.15, -0.1) is 0 Å². The van der Waals surface area contributed by atoms with Crippen molar-refractivity contribution in [3.63, 3.8) is 0 Å². The van der Waals surface area contributed by atoms with Gasteiger partial charge in [-0.1, -0.05) is 38.9 Å². The Bertz CT molecular complexity index is 503. The van der Waals surface area contributed by atoms with E-state index in [0.29, 0.717) is 11.6 Å². The first-order chi connectivity index (χ1) is 7.70. The molecule has 0 bridgehead atoms. The van der Waals surface area contributed by atoms with Gasteiger partial charge in [-0.05, 0) is 12.1 Å². The fourth-order valence-corrected chi connectivity index (χ4v) is 3.31. The van der Waals surface area contributed by atoms with E-state index in [4.69, 9.17) is 16.3 Å². The van der Waals surface area contributed by atoms with Gasteiger partial charge in [-0.2, -0.15) is 0 Å². The number of halogens is 2. The lowest BCUT2D eigenvalue weighted by molar-refractivity contribution is 0.211. The molecule has 0 aliphatic rings. The number of benzene rings is 1. The number of fused-ring (bicyclic) bond motifs is 1. The molecule has 1 heterocycles. The molecule has 0 amide bonds. The zero-order chi connectivity index (χ0) is 11.5. The maximum absolute atomic E-state index is 6.10. The van der Waals surface area contributed by atoms with Crippen molar-refractivity contribution in [3.8, 4) is 0 Å². The van der Waals surface area contributed by atoms with E-state index >= 15 is 0 Å². The van der Waals surface area contributed by atoms with E-state index in [1.54, 1.807) is 18.4 Å². The Morgan fingerprint density at radius 1 is 1.56 bits per heavy atom. The summed E-state index contributed by atoms with van der Waals surface area (Å²) in [6.45, 7) is 1.41. The number of hydrogen-bond donors (Lipinski definition) is 1. The Morgan fingerprint density at radius 3 is 3.12 bits per heavy atom. The molecular formula is C10H10BrClN2OS. The lowest BCUT2D eigenvalue weighted by Crippen LogP contribution is -2.06. The van der Waals surface area contributed by atoms with E-state index < -0.39 is 0 Å². The predicted molar refractivity (Wildman–Crippen MR) is 72.7 cm³/mol. The SMILES string of the molecule is COCCNc1nc2c(Cl)cc(Br)cc2s1. The number of ether oxygens (including phenoxy) is 1. The molecule has 6 heteroatoms. The molecule has 2 rings (SSSR count). The zero-order valence-corrected chi connectivity index (χ0v) is 11.7. The van der Waals surface area contributed by atoms with Crippen LogP contribution in [0.5, 0.6) is 0 Å². The topological polar surface area (TPSA) is 34.1 Å². The van der Waals surface area contributed by atoms with E-state index in [1.807, 2.05) is 12.1 Å². The largest absolute Gasteiger partial charge is 0.383 e. The third-order valence-electron chi connectivity index (χ3n) is 2.00. The van der Waals surface area contributed by atoms with Crippen LogP contribution in [0.3, 0.4) is 0 Å². The highest BCUT2D eigenvalue weighted by Gasteiger charge is 2.07. The van der Waals surface area contributed by atoms with Crippen molar-refractivity contribution in [2.24, 2.45) is 0 Å². The van der Waals surface area contributed by atoms with Gasteiger partial charge in [-0.3, -0.25) is 0 Å². The van der Waals surface area contributed by atoms with Crippen molar-refractivity contribution in [2.45, 2.75) is 0 Å². The summed E-state index contributed by atoms with van der Waals surface area (Å²) in [4.78, 5) is 4.42.